The van der Waals surface area contributed by atoms with Crippen molar-refractivity contribution >= 4 is 21.8 Å². The Morgan fingerprint density at radius 2 is 1.89 bits per heavy atom. The molecule has 0 unspecified atom stereocenters. The minimum atomic E-state index is -3.72. The number of nitrogens with one attached hydrogen (secondary N) is 1. The summed E-state index contributed by atoms with van der Waals surface area (Å²) in [5.41, 5.74) is 7.34. The lowest BCUT2D eigenvalue weighted by molar-refractivity contribution is -0.523. The number of rotatable bonds is 11. The first-order valence-corrected chi connectivity index (χ1v) is 14.3. The van der Waals surface area contributed by atoms with Gasteiger partial charge in [0.15, 0.2) is 12.3 Å². The van der Waals surface area contributed by atoms with Crippen LogP contribution in [0.4, 0.5) is 5.69 Å². The maximum Gasteiger partial charge on any atom is 0.545 e. The van der Waals surface area contributed by atoms with Gasteiger partial charge in [-0.2, -0.15) is 9.30 Å². The highest BCUT2D eigenvalue weighted by molar-refractivity contribution is 7.89. The first-order valence-electron chi connectivity index (χ1n) is 12.8. The number of aliphatic hydroxyl groups excluding tert-OH is 1. The van der Waals surface area contributed by atoms with E-state index in [9.17, 15) is 13.5 Å². The summed E-state index contributed by atoms with van der Waals surface area (Å²) < 4.78 is 45.4. The van der Waals surface area contributed by atoms with E-state index in [0.717, 1.165) is 12.0 Å². The van der Waals surface area contributed by atoms with Gasteiger partial charge in [-0.15, -0.1) is 0 Å². The van der Waals surface area contributed by atoms with Crippen molar-refractivity contribution in [2.24, 2.45) is 11.8 Å². The lowest BCUT2D eigenvalue weighted by atomic mass is 10.0. The molecule has 202 valence electrons. The monoisotopic (exact) mass is 532 g/mol. The van der Waals surface area contributed by atoms with E-state index in [0.29, 0.717) is 38.3 Å². The summed E-state index contributed by atoms with van der Waals surface area (Å²) in [5.74, 6) is 0.222. The molecule has 2 heterocycles. The molecule has 4 rings (SSSR count). The van der Waals surface area contributed by atoms with Crippen molar-refractivity contribution in [3.05, 3.63) is 60.2 Å². The van der Waals surface area contributed by atoms with Crippen LogP contribution in [0.2, 0.25) is 0 Å². The van der Waals surface area contributed by atoms with Crippen LogP contribution in [0, 0.1) is 11.8 Å². The number of ether oxygens (including phenoxy) is 3. The van der Waals surface area contributed by atoms with Crippen LogP contribution in [-0.2, 0) is 30.7 Å². The van der Waals surface area contributed by atoms with Crippen molar-refractivity contribution < 1.29 is 32.7 Å². The Morgan fingerprint density at radius 3 is 2.59 bits per heavy atom. The molecule has 0 bridgehead atoms. The number of anilines is 1. The van der Waals surface area contributed by atoms with Gasteiger partial charge in [0.25, 0.3) is 0 Å². The van der Waals surface area contributed by atoms with Crippen LogP contribution in [0.1, 0.15) is 32.3 Å². The van der Waals surface area contributed by atoms with Crippen molar-refractivity contribution in [3.63, 3.8) is 0 Å². The van der Waals surface area contributed by atoms with Gasteiger partial charge in [-0.25, -0.2) is 8.42 Å². The zero-order valence-electron chi connectivity index (χ0n) is 21.5. The van der Waals surface area contributed by atoms with Crippen LogP contribution in [0.5, 0.6) is 0 Å². The number of aliphatic hydroxyl groups is 1. The molecule has 37 heavy (non-hydrogen) atoms. The summed E-state index contributed by atoms with van der Waals surface area (Å²) in [7, 11) is -3.72. The molecule has 0 spiro atoms. The SMILES string of the molecule is CC(C)CN(CC[C@H](Cc1ccccc1)[NH+]=C(O)O[C@H]1CO[C@H]2OCC[C@H]21)S(=O)(=O)c1ccc(N)cc1. The normalized spacial score (nSPS) is 22.9. The average molecular weight is 533 g/mol. The van der Waals surface area contributed by atoms with E-state index in [1.165, 1.54) is 16.4 Å². The first-order chi connectivity index (χ1) is 17.7. The van der Waals surface area contributed by atoms with Crippen molar-refractivity contribution in [2.45, 2.75) is 56.4 Å². The van der Waals surface area contributed by atoms with E-state index in [1.54, 1.807) is 12.1 Å². The Kier molecular flexibility index (Phi) is 9.07. The first kappa shape index (κ1) is 27.4. The number of nitrogen functional groups attached to an aromatic ring is 1. The fourth-order valence-electron chi connectivity index (χ4n) is 4.83. The molecule has 0 amide bonds. The van der Waals surface area contributed by atoms with Crippen molar-refractivity contribution in [1.82, 2.24) is 4.31 Å². The van der Waals surface area contributed by atoms with E-state index in [1.807, 2.05) is 44.2 Å². The third-order valence-electron chi connectivity index (χ3n) is 6.71. The number of fused-ring (bicyclic) bond motifs is 1. The molecule has 2 aromatic carbocycles. The second-order valence-corrected chi connectivity index (χ2v) is 12.1. The topological polar surface area (TPSA) is 125 Å². The van der Waals surface area contributed by atoms with Gasteiger partial charge in [0.2, 0.25) is 10.0 Å². The lowest BCUT2D eigenvalue weighted by Crippen LogP contribution is -2.81. The summed E-state index contributed by atoms with van der Waals surface area (Å²) in [6.07, 6.45) is 1.02. The van der Waals surface area contributed by atoms with Gasteiger partial charge < -0.3 is 25.1 Å². The van der Waals surface area contributed by atoms with E-state index in [4.69, 9.17) is 19.9 Å². The number of hydrogen-bond acceptors (Lipinski definition) is 6. The van der Waals surface area contributed by atoms with E-state index >= 15 is 0 Å². The molecule has 2 aliphatic rings. The van der Waals surface area contributed by atoms with Crippen LogP contribution < -0.4 is 10.7 Å². The highest BCUT2D eigenvalue weighted by Gasteiger charge is 2.44. The predicted molar refractivity (Wildman–Crippen MR) is 140 cm³/mol. The standard InChI is InChI=1S/C27H37N3O6S/c1-19(2)17-30(37(32,33)23-10-8-21(28)9-11-23)14-12-22(16-20-6-4-3-5-7-20)29-27(31)36-25-18-35-26-24(25)13-15-34-26/h3-11,19,22,24-26H,12-18,28H2,1-2H3,(H,29,31)/p+1/t22-,24+,25+,26-/m1/s1. The Bertz CT molecular complexity index is 1140. The molecule has 0 aromatic heterocycles. The van der Waals surface area contributed by atoms with Crippen LogP contribution in [0.3, 0.4) is 0 Å². The average Bonchev–Trinajstić information content (AvgIpc) is 3.47. The molecule has 0 saturated carbocycles. The van der Waals surface area contributed by atoms with E-state index in [2.05, 4.69) is 4.99 Å². The van der Waals surface area contributed by atoms with Crippen LogP contribution >= 0.6 is 0 Å². The molecule has 9 nitrogen and oxygen atoms in total. The van der Waals surface area contributed by atoms with Gasteiger partial charge in [-0.1, -0.05) is 44.2 Å². The van der Waals surface area contributed by atoms with Crippen LogP contribution in [0.15, 0.2) is 59.5 Å². The molecule has 4 N–H and O–H groups in total. The number of hydrogen-bond donors (Lipinski definition) is 3. The van der Waals surface area contributed by atoms with Gasteiger partial charge in [0.05, 0.1) is 24.0 Å². The summed E-state index contributed by atoms with van der Waals surface area (Å²) in [6, 6.07) is 15.9. The molecular formula is C27H38N3O6S+. The van der Waals surface area contributed by atoms with Gasteiger partial charge in [0.1, 0.15) is 6.10 Å². The smallest absolute Gasteiger partial charge is 0.430 e. The zero-order valence-corrected chi connectivity index (χ0v) is 22.3. The molecule has 0 radical (unpaired) electrons. The van der Waals surface area contributed by atoms with Gasteiger partial charge in [-0.3, -0.25) is 0 Å². The third-order valence-corrected chi connectivity index (χ3v) is 8.59. The zero-order chi connectivity index (χ0) is 26.4. The summed E-state index contributed by atoms with van der Waals surface area (Å²) in [4.78, 5) is 3.31. The second-order valence-electron chi connectivity index (χ2n) is 10.1. The molecule has 2 aromatic rings. The second kappa shape index (κ2) is 12.3. The number of nitrogens with two attached hydrogens (primary N) is 1. The third kappa shape index (κ3) is 7.22. The molecular weight excluding hydrogens is 494 g/mol. The van der Waals surface area contributed by atoms with Gasteiger partial charge in [-0.05, 0) is 42.2 Å². The van der Waals surface area contributed by atoms with Crippen LogP contribution in [-0.4, -0.2) is 68.7 Å². The fraction of sp³-hybridized carbons (Fsp3) is 0.519. The Balaban J connectivity index is 1.50. The lowest BCUT2D eigenvalue weighted by Gasteiger charge is -2.24. The van der Waals surface area contributed by atoms with E-state index in [-0.39, 0.29) is 47.8 Å². The number of sulfonamides is 1. The van der Waals surface area contributed by atoms with Gasteiger partial charge in [0, 0.05) is 31.6 Å². The number of benzene rings is 2. The van der Waals surface area contributed by atoms with Crippen LogP contribution in [0.25, 0.3) is 0 Å². The molecule has 4 atom stereocenters. The maximum absolute atomic E-state index is 13.5. The number of nitrogens with zero attached hydrogens (tertiary/aromatic N) is 1. The molecule has 2 aliphatic heterocycles. The Hall–Kier alpha value is -2.66. The van der Waals surface area contributed by atoms with Crippen molar-refractivity contribution in [2.75, 3.05) is 32.0 Å². The largest absolute Gasteiger partial charge is 0.545 e. The summed E-state index contributed by atoms with van der Waals surface area (Å²) in [5, 5.41) is 10.7. The van der Waals surface area contributed by atoms with Crippen molar-refractivity contribution in [1.29, 1.82) is 0 Å². The molecule has 2 saturated heterocycles. The maximum atomic E-state index is 13.5. The quantitative estimate of drug-likeness (QED) is 0.228. The minimum Gasteiger partial charge on any atom is -0.430 e. The van der Waals surface area contributed by atoms with Crippen molar-refractivity contribution in [3.8, 4) is 0 Å². The highest BCUT2D eigenvalue weighted by atomic mass is 32.2. The molecule has 10 heteroatoms. The summed E-state index contributed by atoms with van der Waals surface area (Å²) >= 11 is 0. The van der Waals surface area contributed by atoms with E-state index < -0.39 is 10.0 Å². The summed E-state index contributed by atoms with van der Waals surface area (Å²) in [6.45, 7) is 5.60. The predicted octanol–water partition coefficient (Wildman–Crippen LogP) is 1.69. The fourth-order valence-corrected chi connectivity index (χ4v) is 6.45. The highest BCUT2D eigenvalue weighted by Crippen LogP contribution is 2.32. The minimum absolute atomic E-state index is 0.0862. The molecule has 2 fully saturated rings. The molecule has 0 aliphatic carbocycles. The van der Waals surface area contributed by atoms with Gasteiger partial charge >= 0.3 is 6.08 Å². The Labute approximate surface area is 219 Å². The Morgan fingerprint density at radius 1 is 1.16 bits per heavy atom.